The van der Waals surface area contributed by atoms with E-state index in [0.29, 0.717) is 18.8 Å². The lowest BCUT2D eigenvalue weighted by Gasteiger charge is -2.05. The van der Waals surface area contributed by atoms with E-state index in [4.69, 9.17) is 10.5 Å². The van der Waals surface area contributed by atoms with Gasteiger partial charge in [0.05, 0.1) is 12.9 Å². The summed E-state index contributed by atoms with van der Waals surface area (Å²) in [7, 11) is 3.29. The molecule has 6 heteroatoms. The molecule has 1 amide bonds. The van der Waals surface area contributed by atoms with Crippen LogP contribution in [0.1, 0.15) is 10.5 Å². The highest BCUT2D eigenvalue weighted by Gasteiger charge is 2.13. The van der Waals surface area contributed by atoms with Gasteiger partial charge in [-0.1, -0.05) is 0 Å². The summed E-state index contributed by atoms with van der Waals surface area (Å²) in [5, 5.41) is 2.66. The largest absolute Gasteiger partial charge is 0.383 e. The number of aryl methyl sites for hydroxylation is 1. The number of rotatable bonds is 4. The van der Waals surface area contributed by atoms with Gasteiger partial charge in [-0.25, -0.2) is 4.98 Å². The number of anilines is 1. The van der Waals surface area contributed by atoms with Crippen molar-refractivity contribution in [3.05, 3.63) is 12.0 Å². The molecular weight excluding hydrogens is 184 g/mol. The van der Waals surface area contributed by atoms with Crippen molar-refractivity contribution in [2.45, 2.75) is 0 Å². The lowest BCUT2D eigenvalue weighted by atomic mass is 10.4. The van der Waals surface area contributed by atoms with Gasteiger partial charge in [0.15, 0.2) is 11.5 Å². The number of ether oxygens (including phenoxy) is 1. The van der Waals surface area contributed by atoms with Crippen molar-refractivity contribution in [1.29, 1.82) is 0 Å². The molecule has 0 fully saturated rings. The summed E-state index contributed by atoms with van der Waals surface area (Å²) in [4.78, 5) is 15.3. The third-order valence-corrected chi connectivity index (χ3v) is 1.77. The van der Waals surface area contributed by atoms with Gasteiger partial charge in [-0.15, -0.1) is 0 Å². The average Bonchev–Trinajstić information content (AvgIpc) is 2.46. The van der Waals surface area contributed by atoms with Crippen LogP contribution in [-0.2, 0) is 11.8 Å². The highest BCUT2D eigenvalue weighted by molar-refractivity contribution is 5.96. The topological polar surface area (TPSA) is 82.2 Å². The Kier molecular flexibility index (Phi) is 3.47. The second-order valence-electron chi connectivity index (χ2n) is 2.84. The Bertz CT molecular complexity index is 302. The number of hydrogen-bond acceptors (Lipinski definition) is 4. The van der Waals surface area contributed by atoms with E-state index in [1.165, 1.54) is 6.33 Å². The van der Waals surface area contributed by atoms with Gasteiger partial charge in [0.25, 0.3) is 5.91 Å². The van der Waals surface area contributed by atoms with Gasteiger partial charge >= 0.3 is 0 Å². The summed E-state index contributed by atoms with van der Waals surface area (Å²) in [6.45, 7) is 0.934. The van der Waals surface area contributed by atoms with E-state index in [9.17, 15) is 4.79 Å². The van der Waals surface area contributed by atoms with E-state index in [0.717, 1.165) is 0 Å². The Labute approximate surface area is 82.1 Å². The van der Waals surface area contributed by atoms with Crippen LogP contribution >= 0.6 is 0 Å². The molecule has 3 N–H and O–H groups in total. The Morgan fingerprint density at radius 2 is 2.50 bits per heavy atom. The molecule has 14 heavy (non-hydrogen) atoms. The van der Waals surface area contributed by atoms with Gasteiger partial charge < -0.3 is 20.4 Å². The Hall–Kier alpha value is -1.56. The third-order valence-electron chi connectivity index (χ3n) is 1.77. The summed E-state index contributed by atoms with van der Waals surface area (Å²) >= 11 is 0. The number of nitrogen functional groups attached to an aromatic ring is 1. The van der Waals surface area contributed by atoms with Crippen LogP contribution in [0.5, 0.6) is 0 Å². The molecule has 0 atom stereocenters. The number of carbonyl (C=O) groups is 1. The van der Waals surface area contributed by atoms with Gasteiger partial charge in [-0.3, -0.25) is 4.79 Å². The van der Waals surface area contributed by atoms with Gasteiger partial charge in [-0.2, -0.15) is 0 Å². The first-order valence-corrected chi connectivity index (χ1v) is 4.20. The summed E-state index contributed by atoms with van der Waals surface area (Å²) in [6.07, 6.45) is 1.50. The molecule has 0 radical (unpaired) electrons. The third kappa shape index (κ3) is 2.23. The molecule has 0 unspecified atom stereocenters. The minimum atomic E-state index is -0.237. The number of nitrogens with two attached hydrogens (primary N) is 1. The molecule has 0 spiro atoms. The molecule has 0 aliphatic heterocycles. The Balaban J connectivity index is 2.60. The first-order chi connectivity index (χ1) is 6.66. The molecule has 78 valence electrons. The SMILES string of the molecule is COCCNC(=O)c1c(N)ncn1C. The standard InChI is InChI=1S/C8H14N4O2/c1-12-5-11-7(9)6(12)8(13)10-3-4-14-2/h5H,3-4,9H2,1-2H3,(H,10,13). The lowest BCUT2D eigenvalue weighted by Crippen LogP contribution is -2.29. The fourth-order valence-corrected chi connectivity index (χ4v) is 1.08. The molecule has 0 aliphatic rings. The molecule has 0 saturated heterocycles. The average molecular weight is 198 g/mol. The first kappa shape index (κ1) is 10.5. The van der Waals surface area contributed by atoms with Crippen molar-refractivity contribution in [2.75, 3.05) is 26.0 Å². The second kappa shape index (κ2) is 4.61. The van der Waals surface area contributed by atoms with Crippen molar-refractivity contribution in [1.82, 2.24) is 14.9 Å². The predicted molar refractivity (Wildman–Crippen MR) is 51.8 cm³/mol. The fourth-order valence-electron chi connectivity index (χ4n) is 1.08. The zero-order valence-electron chi connectivity index (χ0n) is 8.28. The molecule has 6 nitrogen and oxygen atoms in total. The number of carbonyl (C=O) groups excluding carboxylic acids is 1. The number of nitrogens with one attached hydrogen (secondary N) is 1. The highest BCUT2D eigenvalue weighted by atomic mass is 16.5. The van der Waals surface area contributed by atoms with Gasteiger partial charge in [-0.05, 0) is 0 Å². The highest BCUT2D eigenvalue weighted by Crippen LogP contribution is 2.06. The Morgan fingerprint density at radius 1 is 1.79 bits per heavy atom. The number of methoxy groups -OCH3 is 1. The van der Waals surface area contributed by atoms with Crippen LogP contribution in [0.2, 0.25) is 0 Å². The first-order valence-electron chi connectivity index (χ1n) is 4.20. The van der Waals surface area contributed by atoms with Crippen molar-refractivity contribution in [3.8, 4) is 0 Å². The maximum Gasteiger partial charge on any atom is 0.271 e. The van der Waals surface area contributed by atoms with E-state index in [1.54, 1.807) is 18.7 Å². The van der Waals surface area contributed by atoms with Crippen LogP contribution in [0.15, 0.2) is 6.33 Å². The lowest BCUT2D eigenvalue weighted by molar-refractivity contribution is 0.0930. The van der Waals surface area contributed by atoms with Crippen molar-refractivity contribution < 1.29 is 9.53 Å². The van der Waals surface area contributed by atoms with E-state index in [2.05, 4.69) is 10.3 Å². The van der Waals surface area contributed by atoms with Crippen LogP contribution in [-0.4, -0.2) is 35.7 Å². The number of amides is 1. The number of aromatic nitrogens is 2. The van der Waals surface area contributed by atoms with Crippen molar-refractivity contribution >= 4 is 11.7 Å². The van der Waals surface area contributed by atoms with Crippen LogP contribution in [0.3, 0.4) is 0 Å². The minimum absolute atomic E-state index is 0.237. The molecule has 0 saturated carbocycles. The van der Waals surface area contributed by atoms with Gasteiger partial charge in [0.2, 0.25) is 0 Å². The molecule has 1 rings (SSSR count). The van der Waals surface area contributed by atoms with E-state index in [1.807, 2.05) is 0 Å². The van der Waals surface area contributed by atoms with Crippen LogP contribution in [0.4, 0.5) is 5.82 Å². The normalized spacial score (nSPS) is 10.1. The molecular formula is C8H14N4O2. The predicted octanol–water partition coefficient (Wildman–Crippen LogP) is -0.621. The smallest absolute Gasteiger partial charge is 0.271 e. The fraction of sp³-hybridized carbons (Fsp3) is 0.500. The Morgan fingerprint density at radius 3 is 3.00 bits per heavy atom. The van der Waals surface area contributed by atoms with Crippen molar-refractivity contribution in [3.63, 3.8) is 0 Å². The maximum absolute atomic E-state index is 11.5. The number of imidazole rings is 1. The molecule has 0 aromatic carbocycles. The molecule has 0 bridgehead atoms. The summed E-state index contributed by atoms with van der Waals surface area (Å²) in [6, 6.07) is 0. The summed E-state index contributed by atoms with van der Waals surface area (Å²) < 4.78 is 6.38. The van der Waals surface area contributed by atoms with E-state index >= 15 is 0 Å². The maximum atomic E-state index is 11.5. The van der Waals surface area contributed by atoms with Crippen molar-refractivity contribution in [2.24, 2.45) is 7.05 Å². The summed E-state index contributed by atoms with van der Waals surface area (Å²) in [5.74, 6) is 0.00182. The molecule has 0 aliphatic carbocycles. The van der Waals surface area contributed by atoms with E-state index in [-0.39, 0.29) is 11.7 Å². The van der Waals surface area contributed by atoms with Gasteiger partial charge in [0.1, 0.15) is 0 Å². The molecule has 1 heterocycles. The number of nitrogens with zero attached hydrogens (tertiary/aromatic N) is 2. The van der Waals surface area contributed by atoms with Crippen LogP contribution in [0.25, 0.3) is 0 Å². The van der Waals surface area contributed by atoms with Crippen LogP contribution in [0, 0.1) is 0 Å². The monoisotopic (exact) mass is 198 g/mol. The quantitative estimate of drug-likeness (QED) is 0.631. The zero-order valence-corrected chi connectivity index (χ0v) is 8.28. The second-order valence-corrected chi connectivity index (χ2v) is 2.84. The van der Waals surface area contributed by atoms with E-state index < -0.39 is 0 Å². The van der Waals surface area contributed by atoms with Crippen LogP contribution < -0.4 is 11.1 Å². The van der Waals surface area contributed by atoms with Gasteiger partial charge in [0, 0.05) is 20.7 Å². The number of hydrogen-bond donors (Lipinski definition) is 2. The molecule has 1 aromatic heterocycles. The minimum Gasteiger partial charge on any atom is -0.383 e. The molecule has 1 aromatic rings. The zero-order chi connectivity index (χ0) is 10.6. The summed E-state index contributed by atoms with van der Waals surface area (Å²) in [5.41, 5.74) is 5.90.